The quantitative estimate of drug-likeness (QED) is 0.828. The Labute approximate surface area is 103 Å². The van der Waals surface area contributed by atoms with Crippen molar-refractivity contribution in [1.29, 1.82) is 0 Å². The van der Waals surface area contributed by atoms with Crippen LogP contribution >= 0.6 is 11.6 Å². The van der Waals surface area contributed by atoms with Gasteiger partial charge in [-0.3, -0.25) is 0 Å². The summed E-state index contributed by atoms with van der Waals surface area (Å²) in [5, 5.41) is 4.10. The summed E-state index contributed by atoms with van der Waals surface area (Å²) >= 11 is 5.95. The van der Waals surface area contributed by atoms with E-state index in [1.54, 1.807) is 0 Å². The molecule has 0 aliphatic rings. The van der Waals surface area contributed by atoms with Crippen LogP contribution < -0.4 is 11.1 Å². The first-order valence-corrected chi connectivity index (χ1v) is 6.12. The fourth-order valence-electron chi connectivity index (χ4n) is 1.71. The number of nitrogens with two attached hydrogens (primary N) is 1. The number of hydrogen-bond donors (Lipinski definition) is 2. The number of aryl methyl sites for hydroxylation is 1. The lowest BCUT2D eigenvalue weighted by atomic mass is 10.0. The van der Waals surface area contributed by atoms with Crippen LogP contribution in [0.2, 0.25) is 5.02 Å². The van der Waals surface area contributed by atoms with Crippen molar-refractivity contribution in [3.8, 4) is 0 Å². The Hall–Kier alpha value is -0.730. The number of anilines is 1. The van der Waals surface area contributed by atoms with E-state index in [0.29, 0.717) is 5.92 Å². The van der Waals surface area contributed by atoms with E-state index in [1.165, 1.54) is 5.56 Å². The van der Waals surface area contributed by atoms with Crippen molar-refractivity contribution < 1.29 is 0 Å². The molecule has 0 aliphatic carbocycles. The molecule has 3 N–H and O–H groups in total. The van der Waals surface area contributed by atoms with Crippen molar-refractivity contribution in [2.24, 2.45) is 11.7 Å². The number of nitrogens with one attached hydrogen (secondary N) is 1. The van der Waals surface area contributed by atoms with Crippen molar-refractivity contribution in [3.05, 3.63) is 28.8 Å². The summed E-state index contributed by atoms with van der Waals surface area (Å²) < 4.78 is 0. The second-order valence-corrected chi connectivity index (χ2v) is 5.17. The first-order chi connectivity index (χ1) is 7.49. The summed E-state index contributed by atoms with van der Waals surface area (Å²) in [6, 6.07) is 6.05. The molecule has 0 fully saturated rings. The minimum Gasteiger partial charge on any atom is -0.383 e. The first kappa shape index (κ1) is 13.3. The van der Waals surface area contributed by atoms with E-state index in [-0.39, 0.29) is 6.04 Å². The molecule has 3 heteroatoms. The molecule has 0 aromatic heterocycles. The van der Waals surface area contributed by atoms with Gasteiger partial charge in [-0.1, -0.05) is 31.5 Å². The van der Waals surface area contributed by atoms with Crippen LogP contribution in [0.1, 0.15) is 25.8 Å². The number of benzene rings is 1. The highest BCUT2D eigenvalue weighted by atomic mass is 35.5. The summed E-state index contributed by atoms with van der Waals surface area (Å²) in [5.41, 5.74) is 8.29. The Morgan fingerprint density at radius 3 is 2.69 bits per heavy atom. The Morgan fingerprint density at radius 1 is 1.38 bits per heavy atom. The predicted octanol–water partition coefficient (Wildman–Crippen LogP) is 3.43. The molecular weight excluding hydrogens is 220 g/mol. The highest BCUT2D eigenvalue weighted by molar-refractivity contribution is 6.30. The van der Waals surface area contributed by atoms with Crippen molar-refractivity contribution in [2.75, 3.05) is 11.9 Å². The van der Waals surface area contributed by atoms with E-state index in [0.717, 1.165) is 23.7 Å². The lowest BCUT2D eigenvalue weighted by molar-refractivity contribution is 0.508. The van der Waals surface area contributed by atoms with Crippen LogP contribution in [-0.2, 0) is 0 Å². The molecule has 0 spiro atoms. The lowest BCUT2D eigenvalue weighted by Gasteiger charge is -2.16. The summed E-state index contributed by atoms with van der Waals surface area (Å²) in [4.78, 5) is 0. The Balaban J connectivity index is 2.51. The first-order valence-electron chi connectivity index (χ1n) is 5.74. The molecule has 1 atom stereocenters. The molecule has 1 rings (SSSR count). The topological polar surface area (TPSA) is 38.0 Å². The van der Waals surface area contributed by atoms with Gasteiger partial charge < -0.3 is 11.1 Å². The average molecular weight is 241 g/mol. The smallest absolute Gasteiger partial charge is 0.0426 e. The van der Waals surface area contributed by atoms with Crippen molar-refractivity contribution >= 4 is 17.3 Å². The van der Waals surface area contributed by atoms with Gasteiger partial charge in [0.15, 0.2) is 0 Å². The summed E-state index contributed by atoms with van der Waals surface area (Å²) in [6.07, 6.45) is 1.03. The maximum atomic E-state index is 6.02. The molecule has 1 aromatic carbocycles. The molecule has 90 valence electrons. The molecule has 0 saturated heterocycles. The van der Waals surface area contributed by atoms with Gasteiger partial charge in [0, 0.05) is 23.3 Å². The predicted molar refractivity (Wildman–Crippen MR) is 72.1 cm³/mol. The summed E-state index contributed by atoms with van der Waals surface area (Å²) in [6.45, 7) is 7.22. The SMILES string of the molecule is Cc1ccc(Cl)cc1NCC(N)CC(C)C. The maximum Gasteiger partial charge on any atom is 0.0426 e. The van der Waals surface area contributed by atoms with Gasteiger partial charge >= 0.3 is 0 Å². The van der Waals surface area contributed by atoms with Crippen LogP contribution in [0.5, 0.6) is 0 Å². The van der Waals surface area contributed by atoms with Crippen molar-refractivity contribution in [3.63, 3.8) is 0 Å². The van der Waals surface area contributed by atoms with Gasteiger partial charge in [0.25, 0.3) is 0 Å². The standard InChI is InChI=1S/C13H21ClN2/c1-9(2)6-12(15)8-16-13-7-11(14)5-4-10(13)3/h4-5,7,9,12,16H,6,8,15H2,1-3H3. The largest absolute Gasteiger partial charge is 0.383 e. The van der Waals surface area contributed by atoms with Crippen LogP contribution in [0.25, 0.3) is 0 Å². The fourth-order valence-corrected chi connectivity index (χ4v) is 1.89. The normalized spacial score (nSPS) is 12.9. The van der Waals surface area contributed by atoms with Crippen LogP contribution in [0.3, 0.4) is 0 Å². The number of rotatable bonds is 5. The molecular formula is C13H21ClN2. The van der Waals surface area contributed by atoms with Crippen LogP contribution in [-0.4, -0.2) is 12.6 Å². The third-order valence-corrected chi connectivity index (χ3v) is 2.76. The minimum atomic E-state index is 0.193. The van der Waals surface area contributed by atoms with E-state index >= 15 is 0 Å². The molecule has 0 aliphatic heterocycles. The summed E-state index contributed by atoms with van der Waals surface area (Å²) in [5.74, 6) is 0.636. The zero-order chi connectivity index (χ0) is 12.1. The fraction of sp³-hybridized carbons (Fsp3) is 0.538. The minimum absolute atomic E-state index is 0.193. The van der Waals surface area contributed by atoms with Gasteiger partial charge in [-0.15, -0.1) is 0 Å². The Bertz CT molecular complexity index is 337. The molecule has 0 radical (unpaired) electrons. The van der Waals surface area contributed by atoms with Gasteiger partial charge in [-0.2, -0.15) is 0 Å². The molecule has 0 amide bonds. The third-order valence-electron chi connectivity index (χ3n) is 2.53. The molecule has 1 unspecified atom stereocenters. The van der Waals surface area contributed by atoms with E-state index < -0.39 is 0 Å². The highest BCUT2D eigenvalue weighted by Gasteiger charge is 2.06. The van der Waals surface area contributed by atoms with Crippen LogP contribution in [0, 0.1) is 12.8 Å². The molecule has 1 aromatic rings. The van der Waals surface area contributed by atoms with E-state index in [1.807, 2.05) is 18.2 Å². The number of hydrogen-bond acceptors (Lipinski definition) is 2. The second-order valence-electron chi connectivity index (χ2n) is 4.73. The molecule has 0 bridgehead atoms. The van der Waals surface area contributed by atoms with Gasteiger partial charge in [-0.25, -0.2) is 0 Å². The Kier molecular flexibility index (Phi) is 5.10. The molecule has 16 heavy (non-hydrogen) atoms. The zero-order valence-electron chi connectivity index (χ0n) is 10.3. The van der Waals surface area contributed by atoms with Gasteiger partial charge in [0.2, 0.25) is 0 Å². The van der Waals surface area contributed by atoms with Crippen LogP contribution in [0.15, 0.2) is 18.2 Å². The zero-order valence-corrected chi connectivity index (χ0v) is 11.0. The molecule has 2 nitrogen and oxygen atoms in total. The number of halogens is 1. The maximum absolute atomic E-state index is 6.02. The second kappa shape index (κ2) is 6.12. The van der Waals surface area contributed by atoms with Crippen LogP contribution in [0.4, 0.5) is 5.69 Å². The van der Waals surface area contributed by atoms with Gasteiger partial charge in [0.1, 0.15) is 0 Å². The average Bonchev–Trinajstić information content (AvgIpc) is 2.18. The van der Waals surface area contributed by atoms with Gasteiger partial charge in [-0.05, 0) is 37.0 Å². The van der Waals surface area contributed by atoms with Gasteiger partial charge in [0.05, 0.1) is 0 Å². The molecule has 0 saturated carbocycles. The van der Waals surface area contributed by atoms with E-state index in [2.05, 4.69) is 26.1 Å². The van der Waals surface area contributed by atoms with E-state index in [9.17, 15) is 0 Å². The van der Waals surface area contributed by atoms with Crippen molar-refractivity contribution in [2.45, 2.75) is 33.2 Å². The lowest BCUT2D eigenvalue weighted by Crippen LogP contribution is -2.30. The van der Waals surface area contributed by atoms with E-state index in [4.69, 9.17) is 17.3 Å². The third kappa shape index (κ3) is 4.42. The van der Waals surface area contributed by atoms with Crippen molar-refractivity contribution in [1.82, 2.24) is 0 Å². The monoisotopic (exact) mass is 240 g/mol. The Morgan fingerprint density at radius 2 is 2.06 bits per heavy atom. The highest BCUT2D eigenvalue weighted by Crippen LogP contribution is 2.20. The summed E-state index contributed by atoms with van der Waals surface area (Å²) in [7, 11) is 0. The molecule has 0 heterocycles.